The number of para-hydroxylation sites is 1. The summed E-state index contributed by atoms with van der Waals surface area (Å²) in [6.45, 7) is 5.42. The van der Waals surface area contributed by atoms with Crippen LogP contribution in [0.4, 0.5) is 0 Å². The normalized spacial score (nSPS) is 8.75. The van der Waals surface area contributed by atoms with Gasteiger partial charge in [-0.25, -0.2) is 0 Å². The fourth-order valence-electron chi connectivity index (χ4n) is 1.03. The van der Waals surface area contributed by atoms with Crippen LogP contribution in [0.3, 0.4) is 0 Å². The van der Waals surface area contributed by atoms with Crippen molar-refractivity contribution in [3.05, 3.63) is 42.0 Å². The zero-order valence-electron chi connectivity index (χ0n) is 7.63. The molecule has 2 heteroatoms. The molecule has 0 bridgehead atoms. The van der Waals surface area contributed by atoms with Gasteiger partial charge in [-0.1, -0.05) is 35.4 Å². The zero-order valence-corrected chi connectivity index (χ0v) is 9.63. The minimum Gasteiger partial charge on any atom is -0.872 e. The number of aryl methyl sites for hydroxylation is 1. The summed E-state index contributed by atoms with van der Waals surface area (Å²) in [5.74, 6) is 0.146. The third kappa shape index (κ3) is 2.67. The number of hydrogen-bond acceptors (Lipinski definition) is 1. The molecule has 12 heavy (non-hydrogen) atoms. The van der Waals surface area contributed by atoms with Gasteiger partial charge in [0.05, 0.1) is 0 Å². The summed E-state index contributed by atoms with van der Waals surface area (Å²) >= 11 is 0. The predicted octanol–water partition coefficient (Wildman–Crippen LogP) is -1.20. The van der Waals surface area contributed by atoms with E-state index in [1.807, 2.05) is 25.1 Å². The Morgan fingerprint density at radius 1 is 1.50 bits per heavy atom. The third-order valence-electron chi connectivity index (χ3n) is 1.66. The van der Waals surface area contributed by atoms with Crippen molar-refractivity contribution >= 4 is 0 Å². The molecule has 58 valence electrons. The number of rotatable bonds is 2. The number of benzene rings is 1. The topological polar surface area (TPSA) is 23.1 Å². The van der Waals surface area contributed by atoms with Crippen LogP contribution >= 0.6 is 0 Å². The molecule has 0 atom stereocenters. The Morgan fingerprint density at radius 3 is 2.75 bits per heavy atom. The number of allylic oxidation sites excluding steroid dienone is 1. The molecule has 0 aliphatic rings. The van der Waals surface area contributed by atoms with Gasteiger partial charge in [0, 0.05) is 0 Å². The van der Waals surface area contributed by atoms with Crippen LogP contribution in [0.15, 0.2) is 30.9 Å². The van der Waals surface area contributed by atoms with Crippen molar-refractivity contribution in [2.45, 2.75) is 13.3 Å². The van der Waals surface area contributed by atoms with Gasteiger partial charge in [-0.3, -0.25) is 0 Å². The first-order valence-electron chi connectivity index (χ1n) is 3.62. The van der Waals surface area contributed by atoms with E-state index in [4.69, 9.17) is 0 Å². The summed E-state index contributed by atoms with van der Waals surface area (Å²) in [5, 5.41) is 11.3. The Labute approximate surface area is 95.4 Å². The van der Waals surface area contributed by atoms with Crippen molar-refractivity contribution < 1.29 is 34.7 Å². The third-order valence-corrected chi connectivity index (χ3v) is 1.66. The molecule has 0 heterocycles. The summed E-state index contributed by atoms with van der Waals surface area (Å²) < 4.78 is 0. The second-order valence-corrected chi connectivity index (χ2v) is 2.56. The van der Waals surface area contributed by atoms with Crippen molar-refractivity contribution in [2.24, 2.45) is 0 Å². The molecule has 0 aliphatic carbocycles. The van der Waals surface area contributed by atoms with Crippen LogP contribution < -0.4 is 34.7 Å². The molecule has 1 nitrogen and oxygen atoms in total. The SMILES string of the molecule is C=CCc1cccc(C)c1[O-].[Na+]. The van der Waals surface area contributed by atoms with Crippen LogP contribution in [-0.2, 0) is 6.42 Å². The van der Waals surface area contributed by atoms with E-state index < -0.39 is 0 Å². The Bertz CT molecular complexity index is 269. The quantitative estimate of drug-likeness (QED) is 0.404. The molecule has 0 aromatic heterocycles. The van der Waals surface area contributed by atoms with Crippen LogP contribution in [0, 0.1) is 6.92 Å². The van der Waals surface area contributed by atoms with Gasteiger partial charge >= 0.3 is 29.6 Å². The van der Waals surface area contributed by atoms with E-state index in [2.05, 4.69) is 6.58 Å². The van der Waals surface area contributed by atoms with Crippen LogP contribution in [0.25, 0.3) is 0 Å². The van der Waals surface area contributed by atoms with E-state index in [-0.39, 0.29) is 35.3 Å². The first kappa shape index (κ1) is 11.8. The van der Waals surface area contributed by atoms with Crippen LogP contribution in [-0.4, -0.2) is 0 Å². The van der Waals surface area contributed by atoms with Gasteiger partial charge in [0.15, 0.2) is 0 Å². The summed E-state index contributed by atoms with van der Waals surface area (Å²) in [6.07, 6.45) is 2.41. The average molecular weight is 170 g/mol. The van der Waals surface area contributed by atoms with E-state index in [1.54, 1.807) is 6.08 Å². The second-order valence-electron chi connectivity index (χ2n) is 2.56. The van der Waals surface area contributed by atoms with E-state index in [9.17, 15) is 5.11 Å². The molecular weight excluding hydrogens is 159 g/mol. The van der Waals surface area contributed by atoms with Crippen molar-refractivity contribution in [3.8, 4) is 5.75 Å². The van der Waals surface area contributed by atoms with Gasteiger partial charge in [0.25, 0.3) is 0 Å². The molecule has 0 spiro atoms. The Balaban J connectivity index is 0.00000121. The number of hydrogen-bond donors (Lipinski definition) is 0. The molecule has 1 aromatic rings. The van der Waals surface area contributed by atoms with Gasteiger partial charge < -0.3 is 5.11 Å². The molecule has 0 fully saturated rings. The molecule has 0 saturated heterocycles. The standard InChI is InChI=1S/C10H12O.Na/c1-3-5-9-7-4-6-8(2)10(9)11;/h3-4,6-7,11H,1,5H2,2H3;/q;+1/p-1. The molecular formula is C10H11NaO. The molecule has 1 aromatic carbocycles. The maximum absolute atomic E-state index is 11.3. The Kier molecular flexibility index (Phi) is 5.31. The molecule has 0 radical (unpaired) electrons. The van der Waals surface area contributed by atoms with E-state index in [0.29, 0.717) is 6.42 Å². The molecule has 0 N–H and O–H groups in total. The molecule has 0 amide bonds. The smallest absolute Gasteiger partial charge is 0.872 e. The maximum Gasteiger partial charge on any atom is 1.00 e. The van der Waals surface area contributed by atoms with Crippen molar-refractivity contribution in [1.82, 2.24) is 0 Å². The summed E-state index contributed by atoms with van der Waals surface area (Å²) in [4.78, 5) is 0. The average Bonchev–Trinajstić information content (AvgIpc) is 1.99. The molecule has 1 rings (SSSR count). The minimum atomic E-state index is 0. The van der Waals surface area contributed by atoms with E-state index in [0.717, 1.165) is 11.1 Å². The van der Waals surface area contributed by atoms with Crippen molar-refractivity contribution in [3.63, 3.8) is 0 Å². The fraction of sp³-hybridized carbons (Fsp3) is 0.200. The van der Waals surface area contributed by atoms with Gasteiger partial charge in [-0.2, -0.15) is 0 Å². The van der Waals surface area contributed by atoms with Crippen molar-refractivity contribution in [2.75, 3.05) is 0 Å². The maximum atomic E-state index is 11.3. The van der Waals surface area contributed by atoms with E-state index in [1.165, 1.54) is 0 Å². The van der Waals surface area contributed by atoms with Crippen LogP contribution in [0.1, 0.15) is 11.1 Å². The van der Waals surface area contributed by atoms with Crippen molar-refractivity contribution in [1.29, 1.82) is 0 Å². The Hall–Kier alpha value is -0.240. The zero-order chi connectivity index (χ0) is 8.27. The van der Waals surface area contributed by atoms with Gasteiger partial charge in [-0.15, -0.1) is 12.3 Å². The molecule has 0 unspecified atom stereocenters. The van der Waals surface area contributed by atoms with Crippen LogP contribution in [0.2, 0.25) is 0 Å². The van der Waals surface area contributed by atoms with Gasteiger partial charge in [0.1, 0.15) is 0 Å². The molecule has 0 saturated carbocycles. The van der Waals surface area contributed by atoms with Gasteiger partial charge in [-0.05, 0) is 13.3 Å². The molecule has 0 aliphatic heterocycles. The monoisotopic (exact) mass is 170 g/mol. The van der Waals surface area contributed by atoms with Crippen LogP contribution in [0.5, 0.6) is 5.75 Å². The summed E-state index contributed by atoms with van der Waals surface area (Å²) in [7, 11) is 0. The predicted molar refractivity (Wildman–Crippen MR) is 44.5 cm³/mol. The van der Waals surface area contributed by atoms with E-state index >= 15 is 0 Å². The first-order valence-corrected chi connectivity index (χ1v) is 3.62. The second kappa shape index (κ2) is 5.41. The fourth-order valence-corrected chi connectivity index (χ4v) is 1.03. The van der Waals surface area contributed by atoms with Gasteiger partial charge in [0.2, 0.25) is 0 Å². The first-order chi connectivity index (χ1) is 5.25. The Morgan fingerprint density at radius 2 is 2.17 bits per heavy atom. The largest absolute Gasteiger partial charge is 1.00 e. The minimum absolute atomic E-state index is 0. The summed E-state index contributed by atoms with van der Waals surface area (Å²) in [6, 6.07) is 5.57. The summed E-state index contributed by atoms with van der Waals surface area (Å²) in [5.41, 5.74) is 1.64.